The molecule has 2 aromatic rings. The van der Waals surface area contributed by atoms with Crippen molar-refractivity contribution in [3.63, 3.8) is 0 Å². The minimum atomic E-state index is -1.57. The highest BCUT2D eigenvalue weighted by atomic mass is 79.9. The van der Waals surface area contributed by atoms with E-state index >= 15 is 0 Å². The molecule has 0 aliphatic carbocycles. The fourth-order valence-electron chi connectivity index (χ4n) is 1.15. The molecule has 0 saturated carbocycles. The highest BCUT2D eigenvalue weighted by Gasteiger charge is 2.27. The van der Waals surface area contributed by atoms with Crippen LogP contribution in [0.2, 0.25) is 5.02 Å². The zero-order chi connectivity index (χ0) is 11.2. The minimum Gasteiger partial charge on any atom is -0.338 e. The lowest BCUT2D eigenvalue weighted by atomic mass is 10.3. The maximum absolute atomic E-state index is 6.03. The Morgan fingerprint density at radius 1 is 1.27 bits per heavy atom. The Morgan fingerprint density at radius 2 is 1.93 bits per heavy atom. The van der Waals surface area contributed by atoms with Crippen LogP contribution in [0.1, 0.15) is 5.82 Å². The SMILES string of the molecule is Clc1c(Br)ccc2[nH]c(C(Cl)(Cl)Cl)nc12. The van der Waals surface area contributed by atoms with Crippen molar-refractivity contribution >= 4 is 73.4 Å². The third-order valence-electron chi connectivity index (χ3n) is 1.81. The van der Waals surface area contributed by atoms with Crippen molar-refractivity contribution in [1.29, 1.82) is 0 Å². The lowest BCUT2D eigenvalue weighted by Gasteiger charge is -2.04. The quantitative estimate of drug-likeness (QED) is 0.680. The van der Waals surface area contributed by atoms with Crippen LogP contribution in [0.25, 0.3) is 11.0 Å². The van der Waals surface area contributed by atoms with Crippen LogP contribution in [0, 0.1) is 0 Å². The number of nitrogens with zero attached hydrogens (tertiary/aromatic N) is 1. The van der Waals surface area contributed by atoms with Gasteiger partial charge in [-0.3, -0.25) is 0 Å². The number of nitrogens with one attached hydrogen (secondary N) is 1. The van der Waals surface area contributed by atoms with Crippen LogP contribution in [0.5, 0.6) is 0 Å². The van der Waals surface area contributed by atoms with Gasteiger partial charge in [-0.1, -0.05) is 46.4 Å². The highest BCUT2D eigenvalue weighted by Crippen LogP contribution is 2.38. The molecule has 0 aliphatic heterocycles. The molecule has 0 saturated heterocycles. The summed E-state index contributed by atoms with van der Waals surface area (Å²) in [6, 6.07) is 3.60. The zero-order valence-corrected chi connectivity index (χ0v) is 11.6. The number of hydrogen-bond acceptors (Lipinski definition) is 1. The molecule has 0 fully saturated rings. The summed E-state index contributed by atoms with van der Waals surface area (Å²) in [7, 11) is 0. The molecule has 0 radical (unpaired) electrons. The van der Waals surface area contributed by atoms with E-state index in [1.54, 1.807) is 12.1 Å². The number of H-pyrrole nitrogens is 1. The van der Waals surface area contributed by atoms with Crippen molar-refractivity contribution in [1.82, 2.24) is 9.97 Å². The normalized spacial score (nSPS) is 12.3. The van der Waals surface area contributed by atoms with Crippen LogP contribution < -0.4 is 0 Å². The summed E-state index contributed by atoms with van der Waals surface area (Å²) in [6.45, 7) is 0. The standard InChI is InChI=1S/C8H3BrCl4N2/c9-3-1-2-4-6(5(3)10)15-7(14-4)8(11,12)13/h1-2H,(H,14,15). The van der Waals surface area contributed by atoms with E-state index in [9.17, 15) is 0 Å². The fourth-order valence-corrected chi connectivity index (χ4v) is 1.95. The van der Waals surface area contributed by atoms with E-state index < -0.39 is 3.79 Å². The van der Waals surface area contributed by atoms with Gasteiger partial charge in [-0.05, 0) is 28.1 Å². The van der Waals surface area contributed by atoms with Gasteiger partial charge in [0.25, 0.3) is 0 Å². The number of fused-ring (bicyclic) bond motifs is 1. The van der Waals surface area contributed by atoms with Crippen molar-refractivity contribution in [2.45, 2.75) is 3.79 Å². The molecule has 0 atom stereocenters. The zero-order valence-electron chi connectivity index (χ0n) is 6.99. The molecule has 0 amide bonds. The predicted molar refractivity (Wildman–Crippen MR) is 68.0 cm³/mol. The van der Waals surface area contributed by atoms with E-state index in [2.05, 4.69) is 25.9 Å². The lowest BCUT2D eigenvalue weighted by Crippen LogP contribution is -2.02. The van der Waals surface area contributed by atoms with Crippen LogP contribution in [0.15, 0.2) is 16.6 Å². The summed E-state index contributed by atoms with van der Waals surface area (Å²) >= 11 is 26.4. The molecule has 0 spiro atoms. The number of halogens is 5. The maximum Gasteiger partial charge on any atom is 0.248 e. The van der Waals surface area contributed by atoms with Gasteiger partial charge in [0.15, 0.2) is 5.82 Å². The van der Waals surface area contributed by atoms with E-state index in [-0.39, 0.29) is 5.82 Å². The van der Waals surface area contributed by atoms with Crippen LogP contribution >= 0.6 is 62.3 Å². The second-order valence-electron chi connectivity index (χ2n) is 2.84. The summed E-state index contributed by atoms with van der Waals surface area (Å²) in [6.07, 6.45) is 0. The molecule has 80 valence electrons. The molecule has 1 aromatic carbocycles. The largest absolute Gasteiger partial charge is 0.338 e. The summed E-state index contributed by atoms with van der Waals surface area (Å²) in [5.74, 6) is 0.252. The van der Waals surface area contributed by atoms with Crippen molar-refractivity contribution < 1.29 is 0 Å². The van der Waals surface area contributed by atoms with Gasteiger partial charge in [0, 0.05) is 4.47 Å². The summed E-state index contributed by atoms with van der Waals surface area (Å²) in [5, 5.41) is 0.490. The summed E-state index contributed by atoms with van der Waals surface area (Å²) in [4.78, 5) is 7.02. The number of imidazole rings is 1. The van der Waals surface area contributed by atoms with Crippen LogP contribution in [0.3, 0.4) is 0 Å². The van der Waals surface area contributed by atoms with E-state index in [4.69, 9.17) is 46.4 Å². The Hall–Kier alpha value is 0.330. The van der Waals surface area contributed by atoms with Crippen molar-refractivity contribution in [2.75, 3.05) is 0 Å². The molecule has 2 rings (SSSR count). The van der Waals surface area contributed by atoms with Crippen LogP contribution in [-0.4, -0.2) is 9.97 Å². The average Bonchev–Trinajstić information content (AvgIpc) is 2.55. The van der Waals surface area contributed by atoms with Crippen LogP contribution in [0.4, 0.5) is 0 Å². The lowest BCUT2D eigenvalue weighted by molar-refractivity contribution is 1.05. The molecular weight excluding hydrogens is 346 g/mol. The Labute approximate surface area is 114 Å². The first-order valence-corrected chi connectivity index (χ1v) is 6.11. The molecular formula is C8H3BrCl4N2. The first-order chi connectivity index (χ1) is 6.89. The molecule has 15 heavy (non-hydrogen) atoms. The monoisotopic (exact) mass is 346 g/mol. The number of alkyl halides is 3. The first kappa shape index (κ1) is 11.8. The highest BCUT2D eigenvalue weighted by molar-refractivity contribution is 9.10. The summed E-state index contributed by atoms with van der Waals surface area (Å²) < 4.78 is -0.825. The molecule has 0 unspecified atom stereocenters. The molecule has 0 aliphatic rings. The van der Waals surface area contributed by atoms with E-state index in [0.29, 0.717) is 10.5 Å². The second-order valence-corrected chi connectivity index (χ2v) is 6.35. The van der Waals surface area contributed by atoms with Crippen molar-refractivity contribution in [3.05, 3.63) is 27.5 Å². The Balaban J connectivity index is 2.72. The van der Waals surface area contributed by atoms with Crippen molar-refractivity contribution in [2.24, 2.45) is 0 Å². The Morgan fingerprint density at radius 3 is 2.53 bits per heavy atom. The van der Waals surface area contributed by atoms with Crippen molar-refractivity contribution in [3.8, 4) is 0 Å². The molecule has 1 aromatic heterocycles. The first-order valence-electron chi connectivity index (χ1n) is 3.80. The second kappa shape index (κ2) is 3.97. The fraction of sp³-hybridized carbons (Fsp3) is 0.125. The van der Waals surface area contributed by atoms with E-state index in [1.807, 2.05) is 0 Å². The van der Waals surface area contributed by atoms with Gasteiger partial charge in [0.1, 0.15) is 5.52 Å². The predicted octanol–water partition coefficient (Wildman–Crippen LogP) is 4.81. The van der Waals surface area contributed by atoms with E-state index in [1.165, 1.54) is 0 Å². The minimum absolute atomic E-state index is 0.252. The number of aromatic amines is 1. The smallest absolute Gasteiger partial charge is 0.248 e. The molecule has 7 heteroatoms. The van der Waals surface area contributed by atoms with Gasteiger partial charge in [-0.15, -0.1) is 0 Å². The molecule has 1 heterocycles. The molecule has 2 nitrogen and oxygen atoms in total. The van der Waals surface area contributed by atoms with Gasteiger partial charge in [0.2, 0.25) is 3.79 Å². The van der Waals surface area contributed by atoms with E-state index in [0.717, 1.165) is 9.99 Å². The van der Waals surface area contributed by atoms with Gasteiger partial charge in [0.05, 0.1) is 10.5 Å². The summed E-state index contributed by atoms with van der Waals surface area (Å²) in [5.41, 5.74) is 1.30. The third kappa shape index (κ3) is 2.22. The Bertz CT molecular complexity index is 517. The third-order valence-corrected chi connectivity index (χ3v) is 3.62. The topological polar surface area (TPSA) is 28.7 Å². The number of aromatic nitrogens is 2. The molecule has 1 N–H and O–H groups in total. The van der Waals surface area contributed by atoms with Gasteiger partial charge >= 0.3 is 0 Å². The number of hydrogen-bond donors (Lipinski definition) is 1. The van der Waals surface area contributed by atoms with Gasteiger partial charge in [-0.25, -0.2) is 4.98 Å². The van der Waals surface area contributed by atoms with Gasteiger partial charge < -0.3 is 4.98 Å². The molecule has 0 bridgehead atoms. The maximum atomic E-state index is 6.03. The number of benzene rings is 1. The van der Waals surface area contributed by atoms with Crippen LogP contribution in [-0.2, 0) is 3.79 Å². The average molecular weight is 349 g/mol. The number of rotatable bonds is 0. The van der Waals surface area contributed by atoms with Gasteiger partial charge in [-0.2, -0.15) is 0 Å². The Kier molecular flexibility index (Phi) is 3.12.